The van der Waals surface area contributed by atoms with Gasteiger partial charge in [-0.2, -0.15) is 0 Å². The molecule has 0 heterocycles. The highest BCUT2D eigenvalue weighted by Gasteiger charge is 2.24. The van der Waals surface area contributed by atoms with Crippen molar-refractivity contribution in [1.29, 1.82) is 0 Å². The van der Waals surface area contributed by atoms with E-state index in [0.717, 1.165) is 44.3 Å². The van der Waals surface area contributed by atoms with E-state index in [9.17, 15) is 9.59 Å². The van der Waals surface area contributed by atoms with Crippen LogP contribution in [0.15, 0.2) is 84.3 Å². The van der Waals surface area contributed by atoms with Crippen molar-refractivity contribution in [1.82, 2.24) is 0 Å². The fourth-order valence-corrected chi connectivity index (χ4v) is 5.68. The molecule has 1 aromatic rings. The first-order chi connectivity index (χ1) is 17.8. The number of allylic oxidation sites excluding steroid dienone is 7. The van der Waals surface area contributed by atoms with E-state index >= 15 is 0 Å². The number of hydrogen-bond donors (Lipinski definition) is 0. The summed E-state index contributed by atoms with van der Waals surface area (Å²) in [5.41, 5.74) is 0.497. The van der Waals surface area contributed by atoms with Crippen molar-refractivity contribution < 1.29 is 23.8 Å². The highest BCUT2D eigenvalue weighted by atomic mass is 28.3. The van der Waals surface area contributed by atoms with E-state index in [2.05, 4.69) is 50.5 Å². The molecule has 0 spiro atoms. The molecular weight excluding hydrogens is 480 g/mol. The first-order valence-electron chi connectivity index (χ1n) is 13.3. The number of carbonyl (C=O) groups excluding carboxylic acids is 2. The average Bonchev–Trinajstić information content (AvgIpc) is 2.90. The molecule has 0 aliphatic heterocycles. The number of ether oxygens (including phenoxy) is 3. The summed E-state index contributed by atoms with van der Waals surface area (Å²) in [7, 11) is -1.26. The van der Waals surface area contributed by atoms with Crippen molar-refractivity contribution in [2.45, 2.75) is 58.2 Å². The molecule has 2 aliphatic carbocycles. The Labute approximate surface area is 222 Å². The Kier molecular flexibility index (Phi) is 10.8. The van der Waals surface area contributed by atoms with Gasteiger partial charge in [0.2, 0.25) is 0 Å². The molecule has 0 saturated heterocycles. The molecule has 0 fully saturated rings. The van der Waals surface area contributed by atoms with Gasteiger partial charge < -0.3 is 14.2 Å². The van der Waals surface area contributed by atoms with Gasteiger partial charge in [0.1, 0.15) is 11.5 Å². The maximum absolute atomic E-state index is 12.6. The lowest BCUT2D eigenvalue weighted by Crippen LogP contribution is -2.25. The van der Waals surface area contributed by atoms with Gasteiger partial charge in [-0.05, 0) is 86.8 Å². The van der Waals surface area contributed by atoms with Gasteiger partial charge in [-0.1, -0.05) is 55.7 Å². The molecule has 0 bridgehead atoms. The summed E-state index contributed by atoms with van der Waals surface area (Å²) in [5.74, 6) is 1.53. The summed E-state index contributed by atoms with van der Waals surface area (Å²) in [6.45, 7) is 11.5. The number of hydrogen-bond acceptors (Lipinski definition) is 5. The molecule has 0 N–H and O–H groups in total. The predicted molar refractivity (Wildman–Crippen MR) is 151 cm³/mol. The molecule has 0 amide bonds. The zero-order valence-corrected chi connectivity index (χ0v) is 23.4. The van der Waals surface area contributed by atoms with Crippen LogP contribution in [0.3, 0.4) is 0 Å². The van der Waals surface area contributed by atoms with Crippen molar-refractivity contribution in [3.63, 3.8) is 0 Å². The fourth-order valence-electron chi connectivity index (χ4n) is 4.35. The van der Waals surface area contributed by atoms with Crippen LogP contribution >= 0.6 is 0 Å². The van der Waals surface area contributed by atoms with Crippen LogP contribution in [0.25, 0.3) is 0 Å². The van der Waals surface area contributed by atoms with Crippen LogP contribution in [-0.2, 0) is 14.3 Å². The lowest BCUT2D eigenvalue weighted by Gasteiger charge is -2.28. The smallest absolute Gasteiger partial charge is 0.343 e. The molecule has 1 aromatic carbocycles. The minimum atomic E-state index is -1.26. The molecule has 0 saturated carbocycles. The molecule has 2 unspecified atom stereocenters. The summed E-state index contributed by atoms with van der Waals surface area (Å²) >= 11 is 0. The molecule has 5 nitrogen and oxygen atoms in total. The van der Waals surface area contributed by atoms with Gasteiger partial charge in [-0.25, -0.2) is 9.59 Å². The topological polar surface area (TPSA) is 61.8 Å². The zero-order valence-electron chi connectivity index (χ0n) is 22.4. The Balaban J connectivity index is 1.34. The minimum Gasteiger partial charge on any atom is -0.494 e. The van der Waals surface area contributed by atoms with E-state index in [1.165, 1.54) is 11.3 Å². The normalized spacial score (nSPS) is 19.0. The molecule has 0 radical (unpaired) electrons. The minimum absolute atomic E-state index is 0.363. The predicted octanol–water partition coefficient (Wildman–Crippen LogP) is 7.35. The number of benzene rings is 1. The second-order valence-corrected chi connectivity index (χ2v) is 15.7. The van der Waals surface area contributed by atoms with Gasteiger partial charge in [0.15, 0.2) is 0 Å². The van der Waals surface area contributed by atoms with E-state index in [1.54, 1.807) is 24.3 Å². The highest BCUT2D eigenvalue weighted by Crippen LogP contribution is 2.33. The molecule has 6 heteroatoms. The van der Waals surface area contributed by atoms with E-state index in [4.69, 9.17) is 14.2 Å². The van der Waals surface area contributed by atoms with Crippen molar-refractivity contribution >= 4 is 20.0 Å². The van der Waals surface area contributed by atoms with Crippen LogP contribution in [0.1, 0.15) is 48.9 Å². The van der Waals surface area contributed by atoms with Crippen LogP contribution in [0, 0.1) is 11.8 Å². The molecule has 0 aromatic heterocycles. The Morgan fingerprint density at radius 2 is 1.57 bits per heavy atom. The van der Waals surface area contributed by atoms with Crippen molar-refractivity contribution in [3.05, 3.63) is 89.9 Å². The SMILES string of the molecule is C=CC(=O)OCCCCCCOc1ccc(C(=O)OC2=CCC(C3C=CC([Si](C)(C)C)=CC3)C=C2)cc1. The van der Waals surface area contributed by atoms with Gasteiger partial charge in [0.05, 0.1) is 26.9 Å². The largest absolute Gasteiger partial charge is 0.494 e. The average molecular weight is 521 g/mol. The Morgan fingerprint density at radius 3 is 2.14 bits per heavy atom. The standard InChI is InChI=1S/C31H40O5Si/c1-5-30(32)35-23-9-7-6-8-22-34-27-16-12-26(13-17-27)31(33)36-28-18-10-24(11-19-28)25-14-20-29(21-15-25)37(2,3)4/h5,10,12-14,16-21,24-25H,1,6-9,11,15,22-23H2,2-4H3. The van der Waals surface area contributed by atoms with Crippen LogP contribution in [-0.4, -0.2) is 33.2 Å². The quantitative estimate of drug-likeness (QED) is 0.118. The lowest BCUT2D eigenvalue weighted by molar-refractivity contribution is -0.137. The summed E-state index contributed by atoms with van der Waals surface area (Å²) in [6.07, 6.45) is 20.1. The van der Waals surface area contributed by atoms with Gasteiger partial charge in [-0.15, -0.1) is 0 Å². The summed E-state index contributed by atoms with van der Waals surface area (Å²) in [4.78, 5) is 23.6. The first-order valence-corrected chi connectivity index (χ1v) is 16.8. The maximum Gasteiger partial charge on any atom is 0.343 e. The molecule has 198 valence electrons. The van der Waals surface area contributed by atoms with Gasteiger partial charge in [0, 0.05) is 6.08 Å². The second kappa shape index (κ2) is 14.0. The third-order valence-corrected chi connectivity index (χ3v) is 8.77. The van der Waals surface area contributed by atoms with Crippen LogP contribution in [0.5, 0.6) is 5.75 Å². The molecule has 3 rings (SSSR count). The van der Waals surface area contributed by atoms with E-state index in [0.29, 0.717) is 36.4 Å². The monoisotopic (exact) mass is 520 g/mol. The Bertz CT molecular complexity index is 1060. The second-order valence-electron chi connectivity index (χ2n) is 10.6. The van der Waals surface area contributed by atoms with Gasteiger partial charge >= 0.3 is 11.9 Å². The van der Waals surface area contributed by atoms with E-state index in [1.807, 2.05) is 12.2 Å². The maximum atomic E-state index is 12.6. The lowest BCUT2D eigenvalue weighted by atomic mass is 9.83. The number of esters is 2. The van der Waals surface area contributed by atoms with Crippen LogP contribution in [0.4, 0.5) is 0 Å². The van der Waals surface area contributed by atoms with Crippen LogP contribution < -0.4 is 4.74 Å². The first kappa shape index (κ1) is 28.4. The molecule has 2 atom stereocenters. The third kappa shape index (κ3) is 9.36. The molecule has 37 heavy (non-hydrogen) atoms. The van der Waals surface area contributed by atoms with Crippen molar-refractivity contribution in [2.75, 3.05) is 13.2 Å². The summed E-state index contributed by atoms with van der Waals surface area (Å²) < 4.78 is 16.3. The van der Waals surface area contributed by atoms with Crippen molar-refractivity contribution in [2.24, 2.45) is 11.8 Å². The number of carbonyl (C=O) groups is 2. The van der Waals surface area contributed by atoms with Gasteiger partial charge in [-0.3, -0.25) is 0 Å². The van der Waals surface area contributed by atoms with Crippen LogP contribution in [0.2, 0.25) is 19.6 Å². The Hall–Kier alpha value is -3.12. The summed E-state index contributed by atoms with van der Waals surface area (Å²) in [6, 6.07) is 7.06. The summed E-state index contributed by atoms with van der Waals surface area (Å²) in [5, 5.41) is 1.53. The molecule has 2 aliphatic rings. The third-order valence-electron chi connectivity index (χ3n) is 6.67. The van der Waals surface area contributed by atoms with E-state index < -0.39 is 8.07 Å². The van der Waals surface area contributed by atoms with Crippen molar-refractivity contribution in [3.8, 4) is 5.75 Å². The molecular formula is C31H40O5Si. The van der Waals surface area contributed by atoms with Gasteiger partial charge in [0.25, 0.3) is 0 Å². The Morgan fingerprint density at radius 1 is 0.919 bits per heavy atom. The number of unbranched alkanes of at least 4 members (excludes halogenated alkanes) is 3. The highest BCUT2D eigenvalue weighted by molar-refractivity contribution is 6.83. The number of rotatable bonds is 13. The zero-order chi connectivity index (χ0) is 26.7. The van der Waals surface area contributed by atoms with E-state index in [-0.39, 0.29) is 11.9 Å². The fraction of sp³-hybridized carbons (Fsp3) is 0.419.